The zero-order chi connectivity index (χ0) is 21.7. The van der Waals surface area contributed by atoms with Gasteiger partial charge in [0.2, 0.25) is 0 Å². The van der Waals surface area contributed by atoms with Crippen molar-refractivity contribution in [3.63, 3.8) is 0 Å². The minimum atomic E-state index is -0.456. The van der Waals surface area contributed by atoms with Crippen molar-refractivity contribution in [1.82, 2.24) is 33.5 Å². The van der Waals surface area contributed by atoms with Crippen molar-refractivity contribution in [2.24, 2.45) is 0 Å². The molecule has 0 saturated carbocycles. The van der Waals surface area contributed by atoms with E-state index in [4.69, 9.17) is 9.97 Å². The summed E-state index contributed by atoms with van der Waals surface area (Å²) in [5.74, 6) is 0.666. The van der Waals surface area contributed by atoms with Gasteiger partial charge in [0.15, 0.2) is 16.1 Å². The first-order chi connectivity index (χ1) is 14.9. The maximum atomic E-state index is 12.8. The van der Waals surface area contributed by atoms with E-state index in [1.807, 2.05) is 60.3 Å². The van der Waals surface area contributed by atoms with Crippen molar-refractivity contribution >= 4 is 27.5 Å². The number of thiazole rings is 1. The van der Waals surface area contributed by atoms with Crippen LogP contribution in [-0.2, 0) is 19.5 Å². The van der Waals surface area contributed by atoms with Crippen LogP contribution < -0.4 is 11.2 Å². The standard InChI is InChI=1S/C21H21N7O2S/c1-4-27-18-17(19(29)25-20(27)30)28(11-14-7-5-6-12(2)22-14)16(24-18)8-15-10-26-9-13(3)31-21(26)23-15/h5-7,9-10H,4,8,11H2,1-3H3,(H,25,29,30). The summed E-state index contributed by atoms with van der Waals surface area (Å²) in [6, 6.07) is 5.79. The molecule has 0 unspecified atom stereocenters. The monoisotopic (exact) mass is 435 g/mol. The molecule has 0 aliphatic rings. The molecule has 158 valence electrons. The van der Waals surface area contributed by atoms with Crippen LogP contribution in [0.4, 0.5) is 0 Å². The minimum Gasteiger partial charge on any atom is -0.316 e. The van der Waals surface area contributed by atoms with Gasteiger partial charge in [-0.1, -0.05) is 6.07 Å². The molecule has 0 atom stereocenters. The lowest BCUT2D eigenvalue weighted by atomic mass is 10.3. The Kier molecular flexibility index (Phi) is 4.58. The molecular formula is C21H21N7O2S. The Balaban J connectivity index is 1.69. The summed E-state index contributed by atoms with van der Waals surface area (Å²) in [6.45, 7) is 6.61. The highest BCUT2D eigenvalue weighted by Crippen LogP contribution is 2.20. The first-order valence-corrected chi connectivity index (χ1v) is 10.8. The van der Waals surface area contributed by atoms with Crippen LogP contribution in [-0.4, -0.2) is 33.5 Å². The second kappa shape index (κ2) is 7.31. The number of nitrogens with zero attached hydrogens (tertiary/aromatic N) is 6. The van der Waals surface area contributed by atoms with Crippen LogP contribution in [0.15, 0.2) is 40.2 Å². The smallest absolute Gasteiger partial charge is 0.316 e. The molecule has 9 nitrogen and oxygen atoms in total. The quantitative estimate of drug-likeness (QED) is 0.456. The SMILES string of the molecule is CCn1c(=O)[nH]c(=O)c2c1nc(Cc1cn3cc(C)sc3n1)n2Cc1cccc(C)n1. The Morgan fingerprint density at radius 3 is 2.61 bits per heavy atom. The van der Waals surface area contributed by atoms with Crippen LogP contribution in [0.5, 0.6) is 0 Å². The number of hydrogen-bond acceptors (Lipinski definition) is 6. The van der Waals surface area contributed by atoms with Crippen LogP contribution in [0.25, 0.3) is 16.1 Å². The highest BCUT2D eigenvalue weighted by Gasteiger charge is 2.20. The lowest BCUT2D eigenvalue weighted by molar-refractivity contribution is 0.716. The normalized spacial score (nSPS) is 11.7. The molecule has 5 aromatic heterocycles. The second-order valence-electron chi connectivity index (χ2n) is 7.50. The Labute approximate surface area is 180 Å². The molecule has 0 amide bonds. The Morgan fingerprint density at radius 1 is 1.03 bits per heavy atom. The van der Waals surface area contributed by atoms with Crippen molar-refractivity contribution in [3.8, 4) is 0 Å². The van der Waals surface area contributed by atoms with Gasteiger partial charge in [-0.15, -0.1) is 11.3 Å². The van der Waals surface area contributed by atoms with Gasteiger partial charge < -0.3 is 4.57 Å². The van der Waals surface area contributed by atoms with E-state index in [2.05, 4.69) is 9.97 Å². The molecule has 31 heavy (non-hydrogen) atoms. The summed E-state index contributed by atoms with van der Waals surface area (Å²) < 4.78 is 5.33. The van der Waals surface area contributed by atoms with Gasteiger partial charge in [-0.2, -0.15) is 0 Å². The highest BCUT2D eigenvalue weighted by molar-refractivity contribution is 7.16. The topological polar surface area (TPSA) is 103 Å². The lowest BCUT2D eigenvalue weighted by Gasteiger charge is -2.09. The predicted octanol–water partition coefficient (Wildman–Crippen LogP) is 2.27. The van der Waals surface area contributed by atoms with E-state index in [1.165, 1.54) is 9.44 Å². The summed E-state index contributed by atoms with van der Waals surface area (Å²) in [4.78, 5) is 43.6. The number of aryl methyl sites for hydroxylation is 3. The average Bonchev–Trinajstić information content (AvgIpc) is 3.34. The third-order valence-corrected chi connectivity index (χ3v) is 6.12. The largest absolute Gasteiger partial charge is 0.330 e. The fourth-order valence-electron chi connectivity index (χ4n) is 3.87. The molecule has 5 aromatic rings. The molecule has 0 aliphatic heterocycles. The van der Waals surface area contributed by atoms with Crippen molar-refractivity contribution in [2.45, 2.75) is 40.3 Å². The summed E-state index contributed by atoms with van der Waals surface area (Å²) in [5, 5.41) is 0. The zero-order valence-corrected chi connectivity index (χ0v) is 18.2. The number of imidazole rings is 2. The molecule has 0 aromatic carbocycles. The van der Waals surface area contributed by atoms with Crippen molar-refractivity contribution in [3.05, 3.63) is 79.2 Å². The Morgan fingerprint density at radius 2 is 1.87 bits per heavy atom. The summed E-state index contributed by atoms with van der Waals surface area (Å²) in [7, 11) is 0. The third kappa shape index (κ3) is 3.38. The van der Waals surface area contributed by atoms with Crippen molar-refractivity contribution in [1.29, 1.82) is 0 Å². The number of H-pyrrole nitrogens is 1. The highest BCUT2D eigenvalue weighted by atomic mass is 32.1. The van der Waals surface area contributed by atoms with Crippen LogP contribution in [0.2, 0.25) is 0 Å². The van der Waals surface area contributed by atoms with Crippen LogP contribution in [0.3, 0.4) is 0 Å². The predicted molar refractivity (Wildman–Crippen MR) is 119 cm³/mol. The molecule has 10 heteroatoms. The summed E-state index contributed by atoms with van der Waals surface area (Å²) in [5.41, 5.74) is 2.41. The summed E-state index contributed by atoms with van der Waals surface area (Å²) >= 11 is 1.62. The lowest BCUT2D eigenvalue weighted by Crippen LogP contribution is -2.30. The van der Waals surface area contributed by atoms with Crippen molar-refractivity contribution < 1.29 is 0 Å². The van der Waals surface area contributed by atoms with E-state index < -0.39 is 11.2 Å². The van der Waals surface area contributed by atoms with Gasteiger partial charge in [-0.05, 0) is 32.9 Å². The van der Waals surface area contributed by atoms with Gasteiger partial charge in [-0.3, -0.25) is 23.7 Å². The average molecular weight is 436 g/mol. The van der Waals surface area contributed by atoms with E-state index >= 15 is 0 Å². The van der Waals surface area contributed by atoms with Gasteiger partial charge in [-0.25, -0.2) is 14.8 Å². The van der Waals surface area contributed by atoms with E-state index in [0.717, 1.165) is 22.0 Å². The Bertz CT molecular complexity index is 1520. The maximum Gasteiger partial charge on any atom is 0.330 e. The molecule has 0 aliphatic carbocycles. The van der Waals surface area contributed by atoms with E-state index in [-0.39, 0.29) is 0 Å². The van der Waals surface area contributed by atoms with E-state index in [0.29, 0.717) is 36.5 Å². The van der Waals surface area contributed by atoms with Gasteiger partial charge in [0, 0.05) is 35.9 Å². The van der Waals surface area contributed by atoms with Gasteiger partial charge in [0.1, 0.15) is 5.82 Å². The molecule has 0 fully saturated rings. The van der Waals surface area contributed by atoms with E-state index in [1.54, 1.807) is 11.3 Å². The van der Waals surface area contributed by atoms with Gasteiger partial charge in [0.25, 0.3) is 5.56 Å². The number of nitrogens with one attached hydrogen (secondary N) is 1. The van der Waals surface area contributed by atoms with Crippen molar-refractivity contribution in [2.75, 3.05) is 0 Å². The first-order valence-electron chi connectivity index (χ1n) is 10.0. The molecular weight excluding hydrogens is 414 g/mol. The van der Waals surface area contributed by atoms with Crippen LogP contribution >= 0.6 is 11.3 Å². The molecule has 0 radical (unpaired) electrons. The van der Waals surface area contributed by atoms with E-state index in [9.17, 15) is 9.59 Å². The number of hydrogen-bond donors (Lipinski definition) is 1. The third-order valence-electron chi connectivity index (χ3n) is 5.21. The number of fused-ring (bicyclic) bond motifs is 2. The molecule has 5 rings (SSSR count). The van der Waals surface area contributed by atoms with Crippen LogP contribution in [0.1, 0.15) is 34.7 Å². The molecule has 5 heterocycles. The van der Waals surface area contributed by atoms with Gasteiger partial charge >= 0.3 is 5.69 Å². The Hall–Kier alpha value is -3.53. The van der Waals surface area contributed by atoms with Crippen LogP contribution in [0, 0.1) is 13.8 Å². The molecule has 1 N–H and O–H groups in total. The number of rotatable bonds is 5. The molecule has 0 bridgehead atoms. The first kappa shape index (κ1) is 19.4. The molecule has 0 saturated heterocycles. The molecule has 0 spiro atoms. The second-order valence-corrected chi connectivity index (χ2v) is 8.71. The minimum absolute atomic E-state index is 0.372. The zero-order valence-electron chi connectivity index (χ0n) is 17.4. The summed E-state index contributed by atoms with van der Waals surface area (Å²) in [6.07, 6.45) is 4.45. The number of pyridine rings is 1. The number of aromatic amines is 1. The maximum absolute atomic E-state index is 12.8. The fraction of sp³-hybridized carbons (Fsp3) is 0.286. The number of aromatic nitrogens is 7. The fourth-order valence-corrected chi connectivity index (χ4v) is 4.70. The van der Waals surface area contributed by atoms with Gasteiger partial charge in [0.05, 0.1) is 17.9 Å².